The zero-order valence-corrected chi connectivity index (χ0v) is 15.7. The van der Waals surface area contributed by atoms with Crippen LogP contribution in [0.4, 0.5) is 5.95 Å². The smallest absolute Gasteiger partial charge is 0.250 e. The van der Waals surface area contributed by atoms with Crippen molar-refractivity contribution in [2.45, 2.75) is 18.6 Å². The van der Waals surface area contributed by atoms with Gasteiger partial charge in [0.15, 0.2) is 11.5 Å². The minimum absolute atomic E-state index is 0.357. The van der Waals surface area contributed by atoms with Gasteiger partial charge in [-0.05, 0) is 34.7 Å². The number of aliphatic hydroxyl groups is 1. The van der Waals surface area contributed by atoms with Gasteiger partial charge in [-0.15, -0.1) is 0 Å². The molecule has 0 spiro atoms. The Morgan fingerprint density at radius 3 is 2.76 bits per heavy atom. The minimum atomic E-state index is -0.704. The van der Waals surface area contributed by atoms with Crippen LogP contribution in [0.3, 0.4) is 0 Å². The number of hydrogen-bond acceptors (Lipinski definition) is 8. The van der Waals surface area contributed by atoms with Crippen molar-refractivity contribution in [2.24, 2.45) is 0 Å². The largest absolute Gasteiger partial charge is 0.486 e. The van der Waals surface area contributed by atoms with Crippen molar-refractivity contribution in [3.8, 4) is 22.9 Å². The lowest BCUT2D eigenvalue weighted by molar-refractivity contribution is 0.0207. The Morgan fingerprint density at radius 2 is 1.90 bits per heavy atom. The Bertz CT molecular complexity index is 980. The van der Waals surface area contributed by atoms with Gasteiger partial charge in [-0.1, -0.05) is 29.4 Å². The molecule has 0 unspecified atom stereocenters. The molecule has 150 valence electrons. The predicted molar refractivity (Wildman–Crippen MR) is 104 cm³/mol. The second-order valence-corrected chi connectivity index (χ2v) is 6.96. The number of piperidine rings is 1. The summed E-state index contributed by atoms with van der Waals surface area (Å²) >= 11 is 0. The van der Waals surface area contributed by atoms with Crippen molar-refractivity contribution < 1.29 is 19.3 Å². The molecule has 0 aliphatic carbocycles. The number of tetrazole rings is 1. The highest BCUT2D eigenvalue weighted by Crippen LogP contribution is 2.40. The van der Waals surface area contributed by atoms with Crippen LogP contribution in [0.5, 0.6) is 17.2 Å². The van der Waals surface area contributed by atoms with E-state index in [1.165, 1.54) is 0 Å². The zero-order valence-electron chi connectivity index (χ0n) is 15.7. The highest BCUT2D eigenvalue weighted by atomic mass is 16.6. The molecule has 0 amide bonds. The van der Waals surface area contributed by atoms with E-state index in [4.69, 9.17) is 14.2 Å². The summed E-state index contributed by atoms with van der Waals surface area (Å²) in [6.45, 7) is 2.02. The van der Waals surface area contributed by atoms with Crippen molar-refractivity contribution >= 4 is 5.95 Å². The third-order valence-corrected chi connectivity index (χ3v) is 5.07. The number of para-hydroxylation sites is 2. The monoisotopic (exact) mass is 395 g/mol. The molecule has 1 N–H and O–H groups in total. The maximum absolute atomic E-state index is 10.7. The molecule has 2 aliphatic rings. The van der Waals surface area contributed by atoms with Crippen molar-refractivity contribution in [1.82, 2.24) is 20.2 Å². The minimum Gasteiger partial charge on any atom is -0.486 e. The van der Waals surface area contributed by atoms with Crippen LogP contribution in [0.15, 0.2) is 48.5 Å². The molecule has 0 radical (unpaired) electrons. The molecular weight excluding hydrogens is 374 g/mol. The number of aromatic nitrogens is 4. The van der Waals surface area contributed by atoms with Crippen LogP contribution in [0.25, 0.3) is 5.69 Å². The lowest BCUT2D eigenvalue weighted by atomic mass is 10.0. The standard InChI is InChI=1S/C20H21N5O4/c26-15-13-24(20-21-22-23-25(20)14-5-2-1-3-6-14)10-9-16(15)29-18-8-4-7-17-19(18)28-12-11-27-17/h1-8,15-16,26H,9-13H2/t15-,16-/m1/s1. The fourth-order valence-corrected chi connectivity index (χ4v) is 3.65. The average Bonchev–Trinajstić information content (AvgIpc) is 3.26. The number of aliphatic hydroxyl groups excluding tert-OH is 1. The van der Waals surface area contributed by atoms with E-state index in [0.29, 0.717) is 55.9 Å². The number of β-amino-alcohol motifs (C(OH)–C–C–N with tert-alkyl or cyclic N) is 1. The normalized spacial score (nSPS) is 21.1. The molecule has 1 aromatic heterocycles. The van der Waals surface area contributed by atoms with Crippen LogP contribution < -0.4 is 19.1 Å². The molecule has 0 saturated carbocycles. The number of rotatable bonds is 4. The molecule has 2 aliphatic heterocycles. The van der Waals surface area contributed by atoms with Gasteiger partial charge in [0, 0.05) is 13.0 Å². The van der Waals surface area contributed by atoms with E-state index in [1.807, 2.05) is 53.4 Å². The quantitative estimate of drug-likeness (QED) is 0.709. The summed E-state index contributed by atoms with van der Waals surface area (Å²) in [6, 6.07) is 15.2. The number of hydrogen-bond donors (Lipinski definition) is 1. The first-order valence-electron chi connectivity index (χ1n) is 9.62. The Labute approximate surface area is 167 Å². The number of nitrogens with zero attached hydrogens (tertiary/aromatic N) is 5. The molecule has 3 aromatic rings. The highest BCUT2D eigenvalue weighted by molar-refractivity contribution is 5.52. The van der Waals surface area contributed by atoms with Gasteiger partial charge in [-0.3, -0.25) is 0 Å². The zero-order chi connectivity index (χ0) is 19.6. The predicted octanol–water partition coefficient (Wildman–Crippen LogP) is 1.45. The van der Waals surface area contributed by atoms with Gasteiger partial charge in [0.25, 0.3) is 0 Å². The summed E-state index contributed by atoms with van der Waals surface area (Å²) in [5.74, 6) is 2.46. The fraction of sp³-hybridized carbons (Fsp3) is 0.350. The average molecular weight is 395 g/mol. The van der Waals surface area contributed by atoms with E-state index in [9.17, 15) is 5.11 Å². The molecule has 1 saturated heterocycles. The van der Waals surface area contributed by atoms with Crippen LogP contribution in [0.2, 0.25) is 0 Å². The molecule has 1 fully saturated rings. The van der Waals surface area contributed by atoms with E-state index < -0.39 is 6.10 Å². The van der Waals surface area contributed by atoms with Gasteiger partial charge in [0.05, 0.1) is 12.2 Å². The lowest BCUT2D eigenvalue weighted by Crippen LogP contribution is -2.50. The summed E-state index contributed by atoms with van der Waals surface area (Å²) in [5.41, 5.74) is 0.869. The summed E-state index contributed by atoms with van der Waals surface area (Å²) < 4.78 is 19.1. The van der Waals surface area contributed by atoms with Crippen molar-refractivity contribution in [2.75, 3.05) is 31.2 Å². The highest BCUT2D eigenvalue weighted by Gasteiger charge is 2.33. The topological polar surface area (TPSA) is 94.8 Å². The molecule has 9 heteroatoms. The number of fused-ring (bicyclic) bond motifs is 1. The number of anilines is 1. The summed E-state index contributed by atoms with van der Waals surface area (Å²) in [6.07, 6.45) is -0.442. The summed E-state index contributed by atoms with van der Waals surface area (Å²) in [4.78, 5) is 1.97. The van der Waals surface area contributed by atoms with Crippen LogP contribution >= 0.6 is 0 Å². The summed E-state index contributed by atoms with van der Waals surface area (Å²) in [7, 11) is 0. The number of ether oxygens (including phenoxy) is 3. The van der Waals surface area contributed by atoms with Gasteiger partial charge in [0.2, 0.25) is 11.7 Å². The maximum atomic E-state index is 10.7. The SMILES string of the molecule is O[C@@H]1CN(c2nnnn2-c2ccccc2)CC[C@H]1Oc1cccc2c1OCCO2. The molecule has 9 nitrogen and oxygen atoms in total. The van der Waals surface area contributed by atoms with E-state index >= 15 is 0 Å². The molecule has 3 heterocycles. The van der Waals surface area contributed by atoms with E-state index in [1.54, 1.807) is 4.68 Å². The van der Waals surface area contributed by atoms with Crippen LogP contribution in [-0.4, -0.2) is 63.8 Å². The Morgan fingerprint density at radius 1 is 1.03 bits per heavy atom. The van der Waals surface area contributed by atoms with Crippen LogP contribution in [0.1, 0.15) is 6.42 Å². The lowest BCUT2D eigenvalue weighted by Gasteiger charge is -2.36. The molecule has 5 rings (SSSR count). The van der Waals surface area contributed by atoms with E-state index in [-0.39, 0.29) is 6.10 Å². The van der Waals surface area contributed by atoms with Crippen molar-refractivity contribution in [3.63, 3.8) is 0 Å². The Balaban J connectivity index is 1.31. The Kier molecular flexibility index (Phi) is 4.65. The van der Waals surface area contributed by atoms with Crippen LogP contribution in [-0.2, 0) is 0 Å². The third kappa shape index (κ3) is 3.44. The summed E-state index contributed by atoms with van der Waals surface area (Å²) in [5, 5.41) is 22.8. The second kappa shape index (κ2) is 7.59. The molecular formula is C20H21N5O4. The maximum Gasteiger partial charge on any atom is 0.250 e. The van der Waals surface area contributed by atoms with Gasteiger partial charge in [-0.25, -0.2) is 0 Å². The third-order valence-electron chi connectivity index (χ3n) is 5.07. The first kappa shape index (κ1) is 17.7. The van der Waals surface area contributed by atoms with Gasteiger partial charge in [0.1, 0.15) is 25.4 Å². The first-order valence-corrected chi connectivity index (χ1v) is 9.62. The van der Waals surface area contributed by atoms with Gasteiger partial charge in [-0.2, -0.15) is 4.68 Å². The fourth-order valence-electron chi connectivity index (χ4n) is 3.65. The van der Waals surface area contributed by atoms with Gasteiger partial charge >= 0.3 is 0 Å². The molecule has 2 atom stereocenters. The van der Waals surface area contributed by atoms with Crippen LogP contribution in [0, 0.1) is 0 Å². The first-order chi connectivity index (χ1) is 14.3. The van der Waals surface area contributed by atoms with Crippen molar-refractivity contribution in [1.29, 1.82) is 0 Å². The Hall–Kier alpha value is -3.33. The van der Waals surface area contributed by atoms with Crippen molar-refractivity contribution in [3.05, 3.63) is 48.5 Å². The van der Waals surface area contributed by atoms with Gasteiger partial charge < -0.3 is 24.2 Å². The molecule has 29 heavy (non-hydrogen) atoms. The van der Waals surface area contributed by atoms with E-state index in [2.05, 4.69) is 15.5 Å². The second-order valence-electron chi connectivity index (χ2n) is 6.96. The molecule has 0 bridgehead atoms. The number of benzene rings is 2. The van der Waals surface area contributed by atoms with E-state index in [0.717, 1.165) is 5.69 Å². The molecule has 2 aromatic carbocycles.